The Hall–Kier alpha value is -3.32. The quantitative estimate of drug-likeness (QED) is 0.539. The fourth-order valence-electron chi connectivity index (χ4n) is 4.51. The first kappa shape index (κ1) is 21.5. The minimum Gasteiger partial charge on any atom is -0.358 e. The van der Waals surface area contributed by atoms with Gasteiger partial charge in [-0.3, -0.25) is 19.3 Å². The van der Waals surface area contributed by atoms with E-state index in [2.05, 4.69) is 17.2 Å². The minimum atomic E-state index is -0.322. The number of carbonyl (C=O) groups is 3. The Balaban J connectivity index is 1.23. The highest BCUT2D eigenvalue weighted by Crippen LogP contribution is 2.33. The van der Waals surface area contributed by atoms with Crippen molar-refractivity contribution in [2.24, 2.45) is 5.92 Å². The Morgan fingerprint density at radius 2 is 2.03 bits per heavy atom. The molecule has 3 aromatic rings. The van der Waals surface area contributed by atoms with Crippen molar-refractivity contribution in [3.8, 4) is 0 Å². The lowest BCUT2D eigenvalue weighted by Gasteiger charge is -2.18. The molecule has 0 bridgehead atoms. The van der Waals surface area contributed by atoms with Crippen molar-refractivity contribution >= 4 is 45.8 Å². The van der Waals surface area contributed by atoms with Crippen molar-refractivity contribution in [2.45, 2.75) is 26.2 Å². The lowest BCUT2D eigenvalue weighted by atomic mass is 9.87. The molecule has 2 heterocycles. The molecule has 0 saturated carbocycles. The van der Waals surface area contributed by atoms with Gasteiger partial charge in [-0.2, -0.15) is 0 Å². The number of hydrogen-bond donors (Lipinski definition) is 2. The second-order valence-corrected chi connectivity index (χ2v) is 9.68. The molecule has 3 amide bonds. The summed E-state index contributed by atoms with van der Waals surface area (Å²) in [6.07, 6.45) is 4.97. The van der Waals surface area contributed by atoms with Gasteiger partial charge in [0.2, 0.25) is 0 Å². The highest BCUT2D eigenvalue weighted by molar-refractivity contribution is 8.18. The van der Waals surface area contributed by atoms with E-state index in [0.717, 1.165) is 41.1 Å². The predicted molar refractivity (Wildman–Crippen MR) is 131 cm³/mol. The van der Waals surface area contributed by atoms with Gasteiger partial charge in [0.05, 0.1) is 4.91 Å². The van der Waals surface area contributed by atoms with Crippen LogP contribution >= 0.6 is 11.8 Å². The number of thioether (sulfide) groups is 1. The zero-order valence-corrected chi connectivity index (χ0v) is 19.2. The number of carbonyl (C=O) groups excluding carboxylic acids is 3. The van der Waals surface area contributed by atoms with E-state index >= 15 is 0 Å². The van der Waals surface area contributed by atoms with E-state index in [9.17, 15) is 14.4 Å². The molecule has 2 aliphatic rings. The summed E-state index contributed by atoms with van der Waals surface area (Å²) in [5.41, 5.74) is 5.12. The minimum absolute atomic E-state index is 0.141. The van der Waals surface area contributed by atoms with Crippen LogP contribution in [0.15, 0.2) is 53.4 Å². The zero-order valence-electron chi connectivity index (χ0n) is 18.4. The summed E-state index contributed by atoms with van der Waals surface area (Å²) < 4.78 is 0. The molecule has 0 spiro atoms. The molecular weight excluding hydrogens is 434 g/mol. The van der Waals surface area contributed by atoms with Gasteiger partial charge in [-0.05, 0) is 72.3 Å². The van der Waals surface area contributed by atoms with Gasteiger partial charge in [0.25, 0.3) is 17.1 Å². The van der Waals surface area contributed by atoms with Gasteiger partial charge in [-0.25, -0.2) is 0 Å². The van der Waals surface area contributed by atoms with E-state index in [0.29, 0.717) is 16.4 Å². The van der Waals surface area contributed by atoms with Gasteiger partial charge < -0.3 is 10.3 Å². The highest BCUT2D eigenvalue weighted by atomic mass is 32.2. The van der Waals surface area contributed by atoms with E-state index < -0.39 is 0 Å². The summed E-state index contributed by atoms with van der Waals surface area (Å²) in [6, 6.07) is 15.1. The molecule has 1 aromatic heterocycles. The summed E-state index contributed by atoms with van der Waals surface area (Å²) in [6.45, 7) is 2.61. The van der Waals surface area contributed by atoms with Gasteiger partial charge >= 0.3 is 0 Å². The maximum atomic E-state index is 12.8. The third kappa shape index (κ3) is 4.33. The van der Waals surface area contributed by atoms with Gasteiger partial charge in [0.1, 0.15) is 0 Å². The Bertz CT molecular complexity index is 1280. The molecule has 0 radical (unpaired) electrons. The molecule has 1 aliphatic heterocycles. The van der Waals surface area contributed by atoms with Crippen LogP contribution in [0.4, 0.5) is 4.79 Å². The van der Waals surface area contributed by atoms with Crippen LogP contribution in [0.2, 0.25) is 0 Å². The van der Waals surface area contributed by atoms with Crippen LogP contribution in [0, 0.1) is 5.92 Å². The van der Waals surface area contributed by atoms with Crippen molar-refractivity contribution < 1.29 is 14.4 Å². The number of nitrogens with one attached hydrogen (secondary N) is 2. The van der Waals surface area contributed by atoms with Crippen LogP contribution in [-0.4, -0.2) is 40.0 Å². The molecule has 0 unspecified atom stereocenters. The van der Waals surface area contributed by atoms with Crippen LogP contribution in [0.3, 0.4) is 0 Å². The lowest BCUT2D eigenvalue weighted by Crippen LogP contribution is -2.37. The van der Waals surface area contributed by atoms with E-state index in [1.54, 1.807) is 6.08 Å². The standard InChI is InChI=1S/C26H25N3O3S/c1-16-7-9-21-19(13-16)20-15-18(8-10-22(20)28-21)24(30)27-11-12-29-25(31)23(33-26(29)32)14-17-5-3-2-4-6-17/h2-6,8,10,14-16,28H,7,9,11-13H2,1H3,(H,27,30)/b23-14-/t16-/m0/s1. The van der Waals surface area contributed by atoms with Gasteiger partial charge in [-0.1, -0.05) is 37.3 Å². The van der Waals surface area contributed by atoms with Crippen molar-refractivity contribution in [3.05, 3.63) is 75.8 Å². The molecule has 1 saturated heterocycles. The molecular formula is C26H25N3O3S. The lowest BCUT2D eigenvalue weighted by molar-refractivity contribution is -0.122. The van der Waals surface area contributed by atoms with Crippen LogP contribution in [-0.2, 0) is 17.6 Å². The average Bonchev–Trinajstić information content (AvgIpc) is 3.30. The van der Waals surface area contributed by atoms with Gasteiger partial charge in [0, 0.05) is 35.2 Å². The first-order valence-corrected chi connectivity index (χ1v) is 12.0. The number of rotatable bonds is 5. The fraction of sp³-hybridized carbons (Fsp3) is 0.269. The predicted octanol–water partition coefficient (Wildman–Crippen LogP) is 4.76. The Morgan fingerprint density at radius 1 is 1.21 bits per heavy atom. The number of aromatic amines is 1. The van der Waals surface area contributed by atoms with Crippen LogP contribution < -0.4 is 5.32 Å². The van der Waals surface area contributed by atoms with Crippen molar-refractivity contribution in [2.75, 3.05) is 13.1 Å². The number of nitrogens with zero attached hydrogens (tertiary/aromatic N) is 1. The first-order valence-electron chi connectivity index (χ1n) is 11.2. The summed E-state index contributed by atoms with van der Waals surface area (Å²) in [5.74, 6) is 0.114. The summed E-state index contributed by atoms with van der Waals surface area (Å²) >= 11 is 0.930. The summed E-state index contributed by atoms with van der Waals surface area (Å²) in [4.78, 5) is 42.8. The van der Waals surface area contributed by atoms with Gasteiger partial charge in [-0.15, -0.1) is 0 Å². The summed E-state index contributed by atoms with van der Waals surface area (Å²) in [5, 5.41) is 3.65. The van der Waals surface area contributed by atoms with Crippen LogP contribution in [0.5, 0.6) is 0 Å². The molecule has 1 fully saturated rings. The monoisotopic (exact) mass is 459 g/mol. The van der Waals surface area contributed by atoms with E-state index in [1.165, 1.54) is 22.6 Å². The highest BCUT2D eigenvalue weighted by Gasteiger charge is 2.34. The normalized spacial score (nSPS) is 19.4. The maximum Gasteiger partial charge on any atom is 0.293 e. The van der Waals surface area contributed by atoms with E-state index in [4.69, 9.17) is 0 Å². The SMILES string of the molecule is C[C@H]1CCc2[nH]c3ccc(C(=O)NCCN4C(=O)S/C(=C\c5ccccc5)C4=O)cc3c2C1. The molecule has 33 heavy (non-hydrogen) atoms. The van der Waals surface area contributed by atoms with E-state index in [-0.39, 0.29) is 30.1 Å². The number of aryl methyl sites for hydroxylation is 1. The summed E-state index contributed by atoms with van der Waals surface area (Å²) in [7, 11) is 0. The van der Waals surface area contributed by atoms with Crippen molar-refractivity contribution in [1.29, 1.82) is 0 Å². The third-order valence-corrected chi connectivity index (χ3v) is 7.20. The molecule has 168 valence electrons. The molecule has 1 atom stereocenters. The molecule has 2 N–H and O–H groups in total. The number of amides is 3. The third-order valence-electron chi connectivity index (χ3n) is 6.29. The Morgan fingerprint density at radius 3 is 2.85 bits per heavy atom. The number of hydrogen-bond acceptors (Lipinski definition) is 4. The van der Waals surface area contributed by atoms with Gasteiger partial charge in [0.15, 0.2) is 0 Å². The number of benzene rings is 2. The topological polar surface area (TPSA) is 82.3 Å². The maximum absolute atomic E-state index is 12.8. The molecule has 2 aromatic carbocycles. The Labute approximate surface area is 196 Å². The number of aromatic nitrogens is 1. The fourth-order valence-corrected chi connectivity index (χ4v) is 5.37. The van der Waals surface area contributed by atoms with Crippen molar-refractivity contribution in [1.82, 2.24) is 15.2 Å². The molecule has 1 aliphatic carbocycles. The molecule has 7 heteroatoms. The second kappa shape index (κ2) is 8.90. The van der Waals surface area contributed by atoms with Crippen LogP contribution in [0.25, 0.3) is 17.0 Å². The number of fused-ring (bicyclic) bond motifs is 3. The number of imide groups is 1. The average molecular weight is 460 g/mol. The molecule has 5 rings (SSSR count). The van der Waals surface area contributed by atoms with Crippen molar-refractivity contribution in [3.63, 3.8) is 0 Å². The second-order valence-electron chi connectivity index (χ2n) is 8.69. The Kier molecular flexibility index (Phi) is 5.81. The van der Waals surface area contributed by atoms with E-state index in [1.807, 2.05) is 48.5 Å². The number of H-pyrrole nitrogens is 1. The first-order chi connectivity index (χ1) is 16.0. The van der Waals surface area contributed by atoms with Crippen LogP contribution in [0.1, 0.15) is 40.5 Å². The largest absolute Gasteiger partial charge is 0.358 e. The zero-order chi connectivity index (χ0) is 22.9. The smallest absolute Gasteiger partial charge is 0.293 e. The molecule has 6 nitrogen and oxygen atoms in total.